The smallest absolute Gasteiger partial charge is 0.238 e. The van der Waals surface area contributed by atoms with Crippen molar-refractivity contribution >= 4 is 23.4 Å². The van der Waals surface area contributed by atoms with Gasteiger partial charge in [0, 0.05) is 24.5 Å². The number of nitriles is 1. The van der Waals surface area contributed by atoms with Crippen molar-refractivity contribution in [3.05, 3.63) is 72.3 Å². The summed E-state index contributed by atoms with van der Waals surface area (Å²) in [5, 5.41) is 13.0. The Balaban J connectivity index is 1.70. The number of aromatic nitrogens is 3. The van der Waals surface area contributed by atoms with Crippen molar-refractivity contribution in [1.82, 2.24) is 15.0 Å². The molecule has 1 N–H and O–H groups in total. The zero-order valence-electron chi connectivity index (χ0n) is 13.8. The van der Waals surface area contributed by atoms with Crippen LogP contribution < -0.4 is 5.32 Å². The van der Waals surface area contributed by atoms with Crippen molar-refractivity contribution in [2.45, 2.75) is 22.9 Å². The van der Waals surface area contributed by atoms with E-state index in [2.05, 4.69) is 20.3 Å². The topological polar surface area (TPSA) is 91.6 Å². The number of hydrogen-bond donors (Lipinski definition) is 1. The fraction of sp³-hybridized carbons (Fsp3) is 0.105. The van der Waals surface area contributed by atoms with Gasteiger partial charge in [-0.2, -0.15) is 5.26 Å². The number of benzene rings is 1. The molecule has 6 nitrogen and oxygen atoms in total. The number of nitrogens with zero attached hydrogens (tertiary/aromatic N) is 4. The maximum absolute atomic E-state index is 11.5. The van der Waals surface area contributed by atoms with Gasteiger partial charge in [0.05, 0.1) is 6.07 Å². The van der Waals surface area contributed by atoms with E-state index in [0.717, 1.165) is 15.6 Å². The predicted molar refractivity (Wildman–Crippen MR) is 98.5 cm³/mol. The largest absolute Gasteiger partial charge is 0.325 e. The molecular formula is C19H15N5OS. The van der Waals surface area contributed by atoms with Crippen molar-refractivity contribution in [2.24, 2.45) is 0 Å². The standard InChI is InChI=1S/C19H15N5OS/c20-9-7-17(25)23-15-5-3-4-14(12-15)13-16-21-11-8-19(24-16)26-18-6-1-2-10-22-18/h1-6,8,10-12H,7,13H2,(H,23,25). The molecular weight excluding hydrogens is 346 g/mol. The maximum atomic E-state index is 11.5. The Hall–Kier alpha value is -3.24. The lowest BCUT2D eigenvalue weighted by molar-refractivity contribution is -0.115. The van der Waals surface area contributed by atoms with E-state index in [4.69, 9.17) is 5.26 Å². The molecule has 1 aromatic carbocycles. The molecule has 1 amide bonds. The molecule has 0 aliphatic rings. The zero-order chi connectivity index (χ0) is 18.2. The Labute approximate surface area is 155 Å². The van der Waals surface area contributed by atoms with Gasteiger partial charge in [-0.1, -0.05) is 18.2 Å². The lowest BCUT2D eigenvalue weighted by Crippen LogP contribution is -2.10. The molecule has 0 saturated heterocycles. The van der Waals surface area contributed by atoms with Crippen molar-refractivity contribution in [1.29, 1.82) is 5.26 Å². The van der Waals surface area contributed by atoms with E-state index in [9.17, 15) is 4.79 Å². The number of anilines is 1. The first-order chi connectivity index (χ1) is 12.7. The molecule has 0 spiro atoms. The third-order valence-corrected chi connectivity index (χ3v) is 4.23. The number of amides is 1. The summed E-state index contributed by atoms with van der Waals surface area (Å²) >= 11 is 1.48. The second-order valence-corrected chi connectivity index (χ2v) is 6.38. The number of hydrogen-bond acceptors (Lipinski definition) is 6. The highest BCUT2D eigenvalue weighted by Crippen LogP contribution is 2.23. The van der Waals surface area contributed by atoms with E-state index < -0.39 is 0 Å². The third-order valence-electron chi connectivity index (χ3n) is 3.34. The minimum Gasteiger partial charge on any atom is -0.325 e. The summed E-state index contributed by atoms with van der Waals surface area (Å²) in [5.74, 6) is 0.362. The molecule has 2 heterocycles. The first-order valence-electron chi connectivity index (χ1n) is 7.89. The number of rotatable bonds is 6. The average molecular weight is 361 g/mol. The van der Waals surface area contributed by atoms with Gasteiger partial charge in [0.15, 0.2) is 0 Å². The molecule has 0 fully saturated rings. The predicted octanol–water partition coefficient (Wildman–Crippen LogP) is 3.47. The fourth-order valence-electron chi connectivity index (χ4n) is 2.26. The van der Waals surface area contributed by atoms with Gasteiger partial charge in [0.2, 0.25) is 5.91 Å². The Kier molecular flexibility index (Phi) is 5.91. The van der Waals surface area contributed by atoms with Crippen molar-refractivity contribution in [2.75, 3.05) is 5.32 Å². The number of nitrogens with one attached hydrogen (secondary N) is 1. The Morgan fingerprint density at radius 2 is 2.00 bits per heavy atom. The Morgan fingerprint density at radius 1 is 1.08 bits per heavy atom. The summed E-state index contributed by atoms with van der Waals surface area (Å²) in [6.07, 6.45) is 3.85. The number of carbonyl (C=O) groups excluding carboxylic acids is 1. The minimum atomic E-state index is -0.324. The van der Waals surface area contributed by atoms with Gasteiger partial charge in [-0.15, -0.1) is 0 Å². The lowest BCUT2D eigenvalue weighted by Gasteiger charge is -2.07. The molecule has 0 saturated carbocycles. The van der Waals surface area contributed by atoms with Crippen LogP contribution in [-0.2, 0) is 11.2 Å². The SMILES string of the molecule is N#CCC(=O)Nc1cccc(Cc2nccc(Sc3ccccn3)n2)c1. The molecule has 128 valence electrons. The van der Waals surface area contributed by atoms with Crippen LogP contribution in [-0.4, -0.2) is 20.9 Å². The molecule has 0 atom stereocenters. The summed E-state index contributed by atoms with van der Waals surface area (Å²) in [7, 11) is 0. The molecule has 0 radical (unpaired) electrons. The second kappa shape index (κ2) is 8.74. The lowest BCUT2D eigenvalue weighted by atomic mass is 10.1. The minimum absolute atomic E-state index is 0.167. The summed E-state index contributed by atoms with van der Waals surface area (Å²) in [4.78, 5) is 24.7. The second-order valence-electron chi connectivity index (χ2n) is 5.34. The van der Waals surface area contributed by atoms with E-state index in [1.54, 1.807) is 18.5 Å². The van der Waals surface area contributed by atoms with Crippen molar-refractivity contribution in [3.8, 4) is 6.07 Å². The van der Waals surface area contributed by atoms with Crippen LogP contribution in [0.3, 0.4) is 0 Å². The molecule has 0 unspecified atom stereocenters. The van der Waals surface area contributed by atoms with Crippen molar-refractivity contribution in [3.63, 3.8) is 0 Å². The highest BCUT2D eigenvalue weighted by atomic mass is 32.2. The van der Waals surface area contributed by atoms with E-state index in [1.807, 2.05) is 48.5 Å². The number of pyridine rings is 1. The van der Waals surface area contributed by atoms with Crippen LogP contribution in [0.4, 0.5) is 5.69 Å². The van der Waals surface area contributed by atoms with Gasteiger partial charge in [0.25, 0.3) is 0 Å². The van der Waals surface area contributed by atoms with Crippen molar-refractivity contribution < 1.29 is 4.79 Å². The molecule has 0 bridgehead atoms. The monoisotopic (exact) mass is 361 g/mol. The molecule has 7 heteroatoms. The van der Waals surface area contributed by atoms with E-state index >= 15 is 0 Å². The Morgan fingerprint density at radius 3 is 2.81 bits per heavy atom. The van der Waals surface area contributed by atoms with E-state index in [0.29, 0.717) is 17.9 Å². The normalized spacial score (nSPS) is 10.1. The molecule has 0 aliphatic carbocycles. The van der Waals surface area contributed by atoms with Crippen LogP contribution in [0.5, 0.6) is 0 Å². The number of carbonyl (C=O) groups is 1. The van der Waals surface area contributed by atoms with E-state index in [1.165, 1.54) is 11.8 Å². The van der Waals surface area contributed by atoms with Crippen LogP contribution in [0.25, 0.3) is 0 Å². The quantitative estimate of drug-likeness (QED) is 0.676. The van der Waals surface area contributed by atoms with Gasteiger partial charge < -0.3 is 5.32 Å². The highest BCUT2D eigenvalue weighted by Gasteiger charge is 2.06. The highest BCUT2D eigenvalue weighted by molar-refractivity contribution is 7.99. The van der Waals surface area contributed by atoms with Crippen LogP contribution in [0.1, 0.15) is 17.8 Å². The van der Waals surface area contributed by atoms with E-state index in [-0.39, 0.29) is 12.3 Å². The molecule has 26 heavy (non-hydrogen) atoms. The average Bonchev–Trinajstić information content (AvgIpc) is 2.63. The van der Waals surface area contributed by atoms with Gasteiger partial charge >= 0.3 is 0 Å². The zero-order valence-corrected chi connectivity index (χ0v) is 14.6. The van der Waals surface area contributed by atoms with Gasteiger partial charge in [-0.25, -0.2) is 15.0 Å². The van der Waals surface area contributed by atoms with Gasteiger partial charge in [0.1, 0.15) is 22.3 Å². The first kappa shape index (κ1) is 17.6. The molecule has 3 aromatic rings. The van der Waals surface area contributed by atoms with Crippen LogP contribution >= 0.6 is 11.8 Å². The van der Waals surface area contributed by atoms with Gasteiger partial charge in [-0.05, 0) is 47.7 Å². The van der Waals surface area contributed by atoms with Gasteiger partial charge in [-0.3, -0.25) is 4.79 Å². The first-order valence-corrected chi connectivity index (χ1v) is 8.71. The van der Waals surface area contributed by atoms with Crippen LogP contribution in [0, 0.1) is 11.3 Å². The third kappa shape index (κ3) is 5.13. The molecule has 3 rings (SSSR count). The molecule has 0 aliphatic heterocycles. The fourth-order valence-corrected chi connectivity index (χ4v) is 3.01. The molecule has 2 aromatic heterocycles. The van der Waals surface area contributed by atoms with Crippen LogP contribution in [0.2, 0.25) is 0 Å². The maximum Gasteiger partial charge on any atom is 0.238 e. The summed E-state index contributed by atoms with van der Waals surface area (Å²) in [6.45, 7) is 0. The summed E-state index contributed by atoms with van der Waals surface area (Å²) in [5.41, 5.74) is 1.63. The van der Waals surface area contributed by atoms with Crippen LogP contribution in [0.15, 0.2) is 71.0 Å². The Bertz CT molecular complexity index is 940. The summed E-state index contributed by atoms with van der Waals surface area (Å²) in [6, 6.07) is 16.9. The summed E-state index contributed by atoms with van der Waals surface area (Å²) < 4.78 is 0.